The summed E-state index contributed by atoms with van der Waals surface area (Å²) in [6.45, 7) is 1.74. The van der Waals surface area contributed by atoms with Crippen LogP contribution < -0.4 is 10.1 Å². The molecule has 1 aromatic carbocycles. The molecule has 0 bridgehead atoms. The van der Waals surface area contributed by atoms with Crippen LogP contribution in [0.3, 0.4) is 0 Å². The third-order valence-electron chi connectivity index (χ3n) is 4.81. The van der Waals surface area contributed by atoms with Crippen LogP contribution in [0.2, 0.25) is 5.02 Å². The van der Waals surface area contributed by atoms with E-state index in [4.69, 9.17) is 16.3 Å². The van der Waals surface area contributed by atoms with E-state index in [1.165, 1.54) is 31.6 Å². The second-order valence-electron chi connectivity index (χ2n) is 6.66. The van der Waals surface area contributed by atoms with Gasteiger partial charge in [0.25, 0.3) is 10.0 Å². The summed E-state index contributed by atoms with van der Waals surface area (Å²) >= 11 is 6.27. The summed E-state index contributed by atoms with van der Waals surface area (Å²) in [6.07, 6.45) is 3.94. The van der Waals surface area contributed by atoms with Gasteiger partial charge in [0.15, 0.2) is 23.3 Å². The van der Waals surface area contributed by atoms with Gasteiger partial charge in [0.1, 0.15) is 10.8 Å². The van der Waals surface area contributed by atoms with Crippen LogP contribution >= 0.6 is 11.6 Å². The Labute approximate surface area is 187 Å². The molecular weight excluding hydrogens is 458 g/mol. The van der Waals surface area contributed by atoms with Crippen LogP contribution in [0, 0.1) is 17.0 Å². The van der Waals surface area contributed by atoms with Crippen molar-refractivity contribution in [1.82, 2.24) is 13.9 Å². The van der Waals surface area contributed by atoms with Crippen LogP contribution in [0.25, 0.3) is 11.0 Å². The molecule has 0 unspecified atom stereocenters. The summed E-state index contributed by atoms with van der Waals surface area (Å²) in [7, 11) is -2.35. The number of anilines is 1. The minimum absolute atomic E-state index is 0.0148. The van der Waals surface area contributed by atoms with Crippen molar-refractivity contribution in [1.29, 1.82) is 0 Å². The van der Waals surface area contributed by atoms with Crippen LogP contribution in [0.1, 0.15) is 5.56 Å². The number of rotatable bonds is 6. The van der Waals surface area contributed by atoms with Gasteiger partial charge in [0, 0.05) is 24.2 Å². The maximum atomic E-state index is 13.0. The molecule has 32 heavy (non-hydrogen) atoms. The Bertz CT molecular complexity index is 1450. The molecule has 3 heterocycles. The minimum Gasteiger partial charge on any atom is -0.450 e. The molecule has 164 valence electrons. The predicted molar refractivity (Wildman–Crippen MR) is 119 cm³/mol. The third-order valence-corrected chi connectivity index (χ3v) is 6.87. The highest BCUT2D eigenvalue weighted by Crippen LogP contribution is 2.40. The molecule has 12 heteroatoms. The quantitative estimate of drug-likeness (QED) is 0.322. The van der Waals surface area contributed by atoms with Gasteiger partial charge >= 0.3 is 5.82 Å². The van der Waals surface area contributed by atoms with Gasteiger partial charge < -0.3 is 20.2 Å². The SMILES string of the molecule is CNc1c([N+](=O)[O-])ncc(Oc2cnc3c(ccn3S(=O)(=O)c3ccccc3)c2C)c1Cl. The monoisotopic (exact) mass is 473 g/mol. The second-order valence-corrected chi connectivity index (χ2v) is 8.85. The lowest BCUT2D eigenvalue weighted by Crippen LogP contribution is -2.12. The van der Waals surface area contributed by atoms with Crippen molar-refractivity contribution in [3.05, 3.63) is 75.7 Å². The Morgan fingerprint density at radius 2 is 1.81 bits per heavy atom. The Morgan fingerprint density at radius 3 is 2.47 bits per heavy atom. The van der Waals surface area contributed by atoms with E-state index in [2.05, 4.69) is 15.3 Å². The number of aromatic nitrogens is 3. The van der Waals surface area contributed by atoms with Crippen molar-refractivity contribution in [2.45, 2.75) is 11.8 Å². The summed E-state index contributed by atoms with van der Waals surface area (Å²) in [4.78, 5) is 18.7. The van der Waals surface area contributed by atoms with Gasteiger partial charge in [-0.1, -0.05) is 29.8 Å². The highest BCUT2D eigenvalue weighted by molar-refractivity contribution is 7.90. The number of pyridine rings is 2. The predicted octanol–water partition coefficient (Wildman–Crippen LogP) is 4.37. The van der Waals surface area contributed by atoms with Crippen molar-refractivity contribution in [3.8, 4) is 11.5 Å². The Balaban J connectivity index is 1.76. The van der Waals surface area contributed by atoms with Gasteiger partial charge in [0.05, 0.1) is 11.1 Å². The van der Waals surface area contributed by atoms with E-state index in [9.17, 15) is 18.5 Å². The average Bonchev–Trinajstić information content (AvgIpc) is 3.23. The summed E-state index contributed by atoms with van der Waals surface area (Å²) in [6, 6.07) is 9.66. The minimum atomic E-state index is -3.83. The zero-order valence-corrected chi connectivity index (χ0v) is 18.4. The lowest BCUT2D eigenvalue weighted by molar-refractivity contribution is -0.388. The van der Waals surface area contributed by atoms with E-state index in [-0.39, 0.29) is 27.0 Å². The highest BCUT2D eigenvalue weighted by Gasteiger charge is 2.24. The number of halogens is 1. The number of nitrogens with one attached hydrogen (secondary N) is 1. The second kappa shape index (κ2) is 8.09. The van der Waals surface area contributed by atoms with Gasteiger partial charge in [-0.25, -0.2) is 17.4 Å². The average molecular weight is 474 g/mol. The fourth-order valence-corrected chi connectivity index (χ4v) is 4.78. The molecule has 3 aromatic heterocycles. The van der Waals surface area contributed by atoms with Crippen LogP contribution in [-0.2, 0) is 10.0 Å². The molecule has 0 amide bonds. The van der Waals surface area contributed by atoms with Gasteiger partial charge in [-0.05, 0) is 35.0 Å². The first-order valence-electron chi connectivity index (χ1n) is 9.21. The van der Waals surface area contributed by atoms with Crippen LogP contribution in [-0.4, -0.2) is 34.3 Å². The van der Waals surface area contributed by atoms with E-state index in [1.807, 2.05) is 0 Å². The zero-order valence-electron chi connectivity index (χ0n) is 16.8. The molecule has 0 aliphatic rings. The van der Waals surface area contributed by atoms with Crippen LogP contribution in [0.5, 0.6) is 11.5 Å². The van der Waals surface area contributed by atoms with Gasteiger partial charge in [0.2, 0.25) is 0 Å². The molecule has 0 atom stereocenters. The van der Waals surface area contributed by atoms with Crippen molar-refractivity contribution in [2.75, 3.05) is 12.4 Å². The van der Waals surface area contributed by atoms with E-state index < -0.39 is 20.8 Å². The number of aryl methyl sites for hydroxylation is 1. The molecule has 4 rings (SSSR count). The number of fused-ring (bicyclic) bond motifs is 1. The molecule has 0 spiro atoms. The molecule has 0 radical (unpaired) electrons. The topological polar surface area (TPSA) is 129 Å². The number of nitro groups is 1. The maximum absolute atomic E-state index is 13.0. The molecule has 4 aromatic rings. The van der Waals surface area contributed by atoms with Crippen LogP contribution in [0.15, 0.2) is 59.9 Å². The molecule has 1 N–H and O–H groups in total. The molecular formula is C20H16ClN5O5S. The van der Waals surface area contributed by atoms with E-state index in [0.717, 1.165) is 10.2 Å². The summed E-state index contributed by atoms with van der Waals surface area (Å²) in [5.41, 5.74) is 0.862. The Hall–Kier alpha value is -3.70. The lowest BCUT2D eigenvalue weighted by atomic mass is 10.2. The number of ether oxygens (including phenoxy) is 1. The molecule has 0 saturated carbocycles. The maximum Gasteiger partial charge on any atom is 0.388 e. The van der Waals surface area contributed by atoms with E-state index in [1.54, 1.807) is 31.2 Å². The first-order valence-corrected chi connectivity index (χ1v) is 11.0. The number of hydrogen-bond donors (Lipinski definition) is 1. The van der Waals surface area contributed by atoms with Gasteiger partial charge in [-0.2, -0.15) is 0 Å². The molecule has 0 fully saturated rings. The van der Waals surface area contributed by atoms with Crippen LogP contribution in [0.4, 0.5) is 11.5 Å². The normalized spacial score (nSPS) is 11.5. The van der Waals surface area contributed by atoms with Crippen molar-refractivity contribution in [3.63, 3.8) is 0 Å². The largest absolute Gasteiger partial charge is 0.450 e. The smallest absolute Gasteiger partial charge is 0.388 e. The van der Waals surface area contributed by atoms with E-state index >= 15 is 0 Å². The first kappa shape index (κ1) is 21.5. The molecule has 10 nitrogen and oxygen atoms in total. The fraction of sp³-hybridized carbons (Fsp3) is 0.100. The fourth-order valence-electron chi connectivity index (χ4n) is 3.19. The number of hydrogen-bond acceptors (Lipinski definition) is 8. The first-order chi connectivity index (χ1) is 15.3. The summed E-state index contributed by atoms with van der Waals surface area (Å²) in [5.74, 6) is -0.0486. The highest BCUT2D eigenvalue weighted by atomic mass is 35.5. The molecule has 0 aliphatic carbocycles. The third kappa shape index (κ3) is 3.51. The van der Waals surface area contributed by atoms with E-state index in [0.29, 0.717) is 16.7 Å². The van der Waals surface area contributed by atoms with Gasteiger partial charge in [-0.15, -0.1) is 0 Å². The number of nitrogens with zero attached hydrogens (tertiary/aromatic N) is 4. The Morgan fingerprint density at radius 1 is 1.12 bits per heavy atom. The van der Waals surface area contributed by atoms with Crippen molar-refractivity contribution in [2.24, 2.45) is 0 Å². The standard InChI is InChI=1S/C20H16ClN5O5S/c1-12-14-8-9-25(32(29,30)13-6-4-3-5-7-13)19(14)23-10-15(12)31-16-11-24-20(26(27)28)18(22-2)17(16)21/h3-11,22H,1-2H3. The molecule has 0 aliphatic heterocycles. The molecule has 0 saturated heterocycles. The zero-order chi connectivity index (χ0) is 23.0. The Kier molecular flexibility index (Phi) is 5.45. The summed E-state index contributed by atoms with van der Waals surface area (Å²) < 4.78 is 32.9. The van der Waals surface area contributed by atoms with Gasteiger partial charge in [-0.3, -0.25) is 0 Å². The summed E-state index contributed by atoms with van der Waals surface area (Å²) in [5, 5.41) is 14.3. The number of benzene rings is 1. The lowest BCUT2D eigenvalue weighted by Gasteiger charge is -2.12. The van der Waals surface area contributed by atoms with Crippen molar-refractivity contribution < 1.29 is 18.1 Å². The van der Waals surface area contributed by atoms with Crippen molar-refractivity contribution >= 4 is 44.2 Å².